The van der Waals surface area contributed by atoms with E-state index in [-0.39, 0.29) is 0 Å². The molecule has 0 nitrogen and oxygen atoms in total. The van der Waals surface area contributed by atoms with E-state index < -0.39 is 31.2 Å². The monoisotopic (exact) mass is 277 g/mol. The second-order valence-corrected chi connectivity index (χ2v) is 8.83. The van der Waals surface area contributed by atoms with E-state index in [1.54, 1.807) is 0 Å². The minimum atomic E-state index is -6.48. The van der Waals surface area contributed by atoms with E-state index in [2.05, 4.69) is 0 Å². The summed E-state index contributed by atoms with van der Waals surface area (Å²) < 4.78 is 98.4. The average molecular weight is 277 g/mol. The highest BCUT2D eigenvalue weighted by Crippen LogP contribution is 2.62. The van der Waals surface area contributed by atoms with Gasteiger partial charge in [-0.2, -0.15) is 35.1 Å². The summed E-state index contributed by atoms with van der Waals surface area (Å²) in [5.74, 6) is -15.6. The summed E-state index contributed by atoms with van der Waals surface area (Å²) in [5, 5.41) is 0. The molecule has 1 unspecified atom stereocenters. The number of halogens is 8. The first kappa shape index (κ1) is 15.9. The molecule has 0 bridgehead atoms. The van der Waals surface area contributed by atoms with Gasteiger partial charge in [-0.3, -0.25) is 0 Å². The van der Waals surface area contributed by atoms with Gasteiger partial charge in [0.25, 0.3) is 5.91 Å². The van der Waals surface area contributed by atoms with E-state index in [4.69, 9.17) is 0 Å². The average Bonchev–Trinajstić information content (AvgIpc) is 1.98. The lowest BCUT2D eigenvalue weighted by Gasteiger charge is -2.32. The van der Waals surface area contributed by atoms with E-state index in [1.807, 2.05) is 0 Å². The van der Waals surface area contributed by atoms with Crippen LogP contribution in [0.4, 0.5) is 35.1 Å². The van der Waals surface area contributed by atoms with Crippen LogP contribution in [0.5, 0.6) is 0 Å². The molecule has 0 saturated carbocycles. The lowest BCUT2D eigenvalue weighted by molar-refractivity contribution is -0.359. The van der Waals surface area contributed by atoms with E-state index >= 15 is 0 Å². The SMILES string of the molecule is C[P+](C)(C)C(F)C(F)(F)C(F)(F)C(F)(F)F. The largest absolute Gasteiger partial charge is 0.460 e. The van der Waals surface area contributed by atoms with Crippen molar-refractivity contribution in [1.29, 1.82) is 0 Å². The van der Waals surface area contributed by atoms with Gasteiger partial charge >= 0.3 is 18.0 Å². The molecule has 0 aromatic carbocycles. The maximum atomic E-state index is 13.0. The van der Waals surface area contributed by atoms with Gasteiger partial charge in [-0.15, -0.1) is 0 Å². The minimum Gasteiger partial charge on any atom is -0.195 e. The second-order valence-electron chi connectivity index (χ2n) is 4.15. The van der Waals surface area contributed by atoms with Crippen LogP contribution in [0.1, 0.15) is 0 Å². The van der Waals surface area contributed by atoms with Gasteiger partial charge in [0.2, 0.25) is 0 Å². The highest BCUT2D eigenvalue weighted by atomic mass is 31.2. The molecule has 0 saturated heterocycles. The molecule has 0 aliphatic heterocycles. The van der Waals surface area contributed by atoms with Crippen LogP contribution in [0, 0.1) is 0 Å². The van der Waals surface area contributed by atoms with E-state index in [0.717, 1.165) is 20.0 Å². The molecule has 9 heteroatoms. The van der Waals surface area contributed by atoms with Crippen LogP contribution in [0.15, 0.2) is 0 Å². The Morgan fingerprint density at radius 2 is 1.12 bits per heavy atom. The maximum Gasteiger partial charge on any atom is 0.460 e. The summed E-state index contributed by atoms with van der Waals surface area (Å²) in [6.07, 6.45) is -6.48. The normalized spacial score (nSPS) is 17.4. The lowest BCUT2D eigenvalue weighted by Crippen LogP contribution is -2.56. The number of hydrogen-bond acceptors (Lipinski definition) is 0. The molecule has 0 aliphatic carbocycles. The smallest absolute Gasteiger partial charge is 0.195 e. The molecule has 0 spiro atoms. The van der Waals surface area contributed by atoms with Gasteiger partial charge < -0.3 is 0 Å². The van der Waals surface area contributed by atoms with Crippen molar-refractivity contribution in [2.45, 2.75) is 23.9 Å². The molecule has 16 heavy (non-hydrogen) atoms. The summed E-state index contributed by atoms with van der Waals surface area (Å²) in [7, 11) is -3.19. The van der Waals surface area contributed by atoms with Crippen molar-refractivity contribution < 1.29 is 35.1 Å². The summed E-state index contributed by atoms with van der Waals surface area (Å²) in [6, 6.07) is 0. The van der Waals surface area contributed by atoms with Gasteiger partial charge in [0.15, 0.2) is 0 Å². The fourth-order valence-electron chi connectivity index (χ4n) is 0.825. The molecule has 0 N–H and O–H groups in total. The van der Waals surface area contributed by atoms with Crippen LogP contribution in [0.25, 0.3) is 0 Å². The molecule has 0 heterocycles. The Kier molecular flexibility index (Phi) is 3.93. The second kappa shape index (κ2) is 3.96. The van der Waals surface area contributed by atoms with Crippen LogP contribution in [-0.4, -0.2) is 43.9 Å². The van der Waals surface area contributed by atoms with Crippen molar-refractivity contribution in [3.63, 3.8) is 0 Å². The predicted molar refractivity (Wildman–Crippen MR) is 45.5 cm³/mol. The van der Waals surface area contributed by atoms with Crippen LogP contribution >= 0.6 is 7.26 Å². The molecular weight excluding hydrogens is 267 g/mol. The minimum absolute atomic E-state index is 0.915. The van der Waals surface area contributed by atoms with Crippen LogP contribution in [-0.2, 0) is 0 Å². The van der Waals surface area contributed by atoms with Gasteiger partial charge in [-0.1, -0.05) is 0 Å². The standard InChI is InChI=1S/C7H10F8P/c1-16(2,3)4(8)5(9,10)6(11,12)7(13,14)15/h4H,1-3H3/q+1. The van der Waals surface area contributed by atoms with Gasteiger partial charge in [0.1, 0.15) is 0 Å². The van der Waals surface area contributed by atoms with Crippen molar-refractivity contribution in [2.24, 2.45) is 0 Å². The quantitative estimate of drug-likeness (QED) is 0.540. The molecule has 0 radical (unpaired) electrons. The highest BCUT2D eigenvalue weighted by Gasteiger charge is 2.79. The first-order valence-corrected chi connectivity index (χ1v) is 7.13. The summed E-state index contributed by atoms with van der Waals surface area (Å²) in [4.78, 5) is 0. The Morgan fingerprint density at radius 3 is 1.31 bits per heavy atom. The van der Waals surface area contributed by atoms with Crippen molar-refractivity contribution in [3.8, 4) is 0 Å². The molecule has 98 valence electrons. The Bertz CT molecular complexity index is 250. The molecule has 0 fully saturated rings. The van der Waals surface area contributed by atoms with Gasteiger partial charge in [-0.05, 0) is 0 Å². The Labute approximate surface area is 87.3 Å². The van der Waals surface area contributed by atoms with Crippen molar-refractivity contribution >= 4 is 7.26 Å². The van der Waals surface area contributed by atoms with E-state index in [0.29, 0.717) is 0 Å². The van der Waals surface area contributed by atoms with Gasteiger partial charge in [0.05, 0.1) is 20.0 Å². The third-order valence-corrected chi connectivity index (χ3v) is 3.44. The van der Waals surface area contributed by atoms with Crippen LogP contribution in [0.2, 0.25) is 0 Å². The third kappa shape index (κ3) is 2.57. The zero-order chi connectivity index (χ0) is 13.6. The maximum absolute atomic E-state index is 13.0. The lowest BCUT2D eigenvalue weighted by atomic mass is 10.2. The fourth-order valence-corrected chi connectivity index (χ4v) is 1.96. The van der Waals surface area contributed by atoms with Crippen molar-refractivity contribution in [2.75, 3.05) is 20.0 Å². The molecule has 0 aliphatic rings. The Hall–Kier alpha value is -0.130. The number of alkyl halides is 8. The summed E-state index contributed by atoms with van der Waals surface area (Å²) in [5.41, 5.74) is 0. The molecule has 0 aromatic heterocycles. The Morgan fingerprint density at radius 1 is 0.812 bits per heavy atom. The molecule has 1 atom stereocenters. The fraction of sp³-hybridized carbons (Fsp3) is 1.00. The van der Waals surface area contributed by atoms with Crippen LogP contribution in [0.3, 0.4) is 0 Å². The van der Waals surface area contributed by atoms with Crippen LogP contribution < -0.4 is 0 Å². The third-order valence-electron chi connectivity index (χ3n) is 1.75. The molecule has 0 amide bonds. The summed E-state index contributed by atoms with van der Waals surface area (Å²) in [6.45, 7) is 2.74. The van der Waals surface area contributed by atoms with Crippen molar-refractivity contribution in [3.05, 3.63) is 0 Å². The topological polar surface area (TPSA) is 0 Å². The molecular formula is C7H10F8P+. The summed E-state index contributed by atoms with van der Waals surface area (Å²) >= 11 is 0. The van der Waals surface area contributed by atoms with E-state index in [1.165, 1.54) is 0 Å². The van der Waals surface area contributed by atoms with Gasteiger partial charge in [0, 0.05) is 7.26 Å². The zero-order valence-electron chi connectivity index (χ0n) is 8.55. The Balaban J connectivity index is 5.37. The number of hydrogen-bond donors (Lipinski definition) is 0. The number of rotatable bonds is 3. The zero-order valence-corrected chi connectivity index (χ0v) is 9.44. The van der Waals surface area contributed by atoms with Gasteiger partial charge in [-0.25, -0.2) is 0 Å². The predicted octanol–water partition coefficient (Wildman–Crippen LogP) is 4.02. The van der Waals surface area contributed by atoms with Crippen molar-refractivity contribution in [1.82, 2.24) is 0 Å². The molecule has 0 rings (SSSR count). The highest BCUT2D eigenvalue weighted by molar-refractivity contribution is 7.74. The van der Waals surface area contributed by atoms with E-state index in [9.17, 15) is 35.1 Å². The molecule has 0 aromatic rings. The first-order chi connectivity index (χ1) is 6.65. The first-order valence-electron chi connectivity index (χ1n) is 3.93.